The Kier molecular flexibility index (Phi) is 9.79. The summed E-state index contributed by atoms with van der Waals surface area (Å²) in [7, 11) is 1.79. The van der Waals surface area contributed by atoms with E-state index in [0.717, 1.165) is 25.0 Å². The molecule has 1 aliphatic rings. The molecule has 1 heterocycles. The van der Waals surface area contributed by atoms with Crippen molar-refractivity contribution in [3.05, 3.63) is 0 Å². The maximum Gasteiger partial charge on any atom is 0.407 e. The SMILES string of the molecule is CN=C(NCCNC(=O)OC(C)(C)C)N1CCC(C)CC1.I. The van der Waals surface area contributed by atoms with Gasteiger partial charge in [0.2, 0.25) is 0 Å². The number of carbonyl (C=O) groups excluding carboxylic acids is 1. The van der Waals surface area contributed by atoms with E-state index in [1.807, 2.05) is 20.8 Å². The van der Waals surface area contributed by atoms with Crippen molar-refractivity contribution in [3.63, 3.8) is 0 Å². The Morgan fingerprint density at radius 3 is 2.27 bits per heavy atom. The van der Waals surface area contributed by atoms with Crippen molar-refractivity contribution in [2.75, 3.05) is 33.2 Å². The van der Waals surface area contributed by atoms with Crippen LogP contribution in [-0.2, 0) is 4.74 Å². The molecular weight excluding hydrogens is 395 g/mol. The molecule has 0 bridgehead atoms. The molecule has 1 rings (SSSR count). The average molecular weight is 426 g/mol. The van der Waals surface area contributed by atoms with Gasteiger partial charge < -0.3 is 20.3 Å². The van der Waals surface area contributed by atoms with E-state index < -0.39 is 5.60 Å². The third-order valence-electron chi connectivity index (χ3n) is 3.37. The Balaban J connectivity index is 0.00000441. The van der Waals surface area contributed by atoms with Gasteiger partial charge in [0.1, 0.15) is 5.60 Å². The first-order chi connectivity index (χ1) is 9.81. The van der Waals surface area contributed by atoms with Crippen molar-refractivity contribution >= 4 is 36.0 Å². The van der Waals surface area contributed by atoms with Gasteiger partial charge in [0.05, 0.1) is 0 Å². The molecule has 7 heteroatoms. The first-order valence-electron chi connectivity index (χ1n) is 7.74. The zero-order valence-electron chi connectivity index (χ0n) is 14.4. The van der Waals surface area contributed by atoms with Crippen molar-refractivity contribution in [2.24, 2.45) is 10.9 Å². The van der Waals surface area contributed by atoms with Crippen LogP contribution in [0, 0.1) is 5.92 Å². The van der Waals surface area contributed by atoms with E-state index in [1.165, 1.54) is 12.8 Å². The molecule has 0 unspecified atom stereocenters. The number of hydrogen-bond acceptors (Lipinski definition) is 3. The van der Waals surface area contributed by atoms with Gasteiger partial charge in [0, 0.05) is 33.2 Å². The van der Waals surface area contributed by atoms with Crippen LogP contribution < -0.4 is 10.6 Å². The van der Waals surface area contributed by atoms with E-state index in [0.29, 0.717) is 13.1 Å². The number of guanidine groups is 1. The van der Waals surface area contributed by atoms with Crippen LogP contribution in [0.1, 0.15) is 40.5 Å². The van der Waals surface area contributed by atoms with Crippen molar-refractivity contribution in [2.45, 2.75) is 46.1 Å². The Morgan fingerprint density at radius 2 is 1.77 bits per heavy atom. The minimum absolute atomic E-state index is 0. The molecule has 1 saturated heterocycles. The lowest BCUT2D eigenvalue weighted by atomic mass is 10.00. The number of likely N-dealkylation sites (tertiary alicyclic amines) is 1. The highest BCUT2D eigenvalue weighted by molar-refractivity contribution is 14.0. The molecule has 1 aliphatic heterocycles. The Morgan fingerprint density at radius 1 is 1.23 bits per heavy atom. The summed E-state index contributed by atoms with van der Waals surface area (Å²) < 4.78 is 5.18. The molecule has 6 nitrogen and oxygen atoms in total. The summed E-state index contributed by atoms with van der Waals surface area (Å²) in [6, 6.07) is 0. The fourth-order valence-electron chi connectivity index (χ4n) is 2.21. The predicted molar refractivity (Wildman–Crippen MR) is 101 cm³/mol. The second kappa shape index (κ2) is 10.1. The zero-order valence-corrected chi connectivity index (χ0v) is 16.8. The van der Waals surface area contributed by atoms with Gasteiger partial charge in [0.15, 0.2) is 5.96 Å². The summed E-state index contributed by atoms with van der Waals surface area (Å²) in [6.45, 7) is 11.1. The monoisotopic (exact) mass is 426 g/mol. The van der Waals surface area contributed by atoms with Crippen LogP contribution in [0.5, 0.6) is 0 Å². The van der Waals surface area contributed by atoms with Crippen LogP contribution in [-0.4, -0.2) is 55.8 Å². The van der Waals surface area contributed by atoms with Gasteiger partial charge >= 0.3 is 6.09 Å². The van der Waals surface area contributed by atoms with Crippen LogP contribution in [0.4, 0.5) is 4.79 Å². The number of ether oxygens (including phenoxy) is 1. The summed E-state index contributed by atoms with van der Waals surface area (Å²) in [5.41, 5.74) is -0.460. The van der Waals surface area contributed by atoms with Gasteiger partial charge in [-0.15, -0.1) is 24.0 Å². The third kappa shape index (κ3) is 8.65. The van der Waals surface area contributed by atoms with Crippen LogP contribution in [0.3, 0.4) is 0 Å². The Hall–Kier alpha value is -0.730. The standard InChI is InChI=1S/C15H30N4O2.HI/c1-12-6-10-19(11-7-12)13(16-5)17-8-9-18-14(20)21-15(2,3)4;/h12H,6-11H2,1-5H3,(H,16,17)(H,18,20);1H. The van der Waals surface area contributed by atoms with Gasteiger partial charge in [-0.2, -0.15) is 0 Å². The second-order valence-electron chi connectivity index (χ2n) is 6.57. The van der Waals surface area contributed by atoms with Gasteiger partial charge in [-0.25, -0.2) is 4.79 Å². The molecule has 2 N–H and O–H groups in total. The van der Waals surface area contributed by atoms with E-state index >= 15 is 0 Å². The molecule has 0 aromatic carbocycles. The highest BCUT2D eigenvalue weighted by Crippen LogP contribution is 2.15. The lowest BCUT2D eigenvalue weighted by Crippen LogP contribution is -2.47. The number of amides is 1. The van der Waals surface area contributed by atoms with Crippen molar-refractivity contribution < 1.29 is 9.53 Å². The van der Waals surface area contributed by atoms with Gasteiger partial charge in [0.25, 0.3) is 0 Å². The van der Waals surface area contributed by atoms with Crippen molar-refractivity contribution in [1.29, 1.82) is 0 Å². The van der Waals surface area contributed by atoms with Gasteiger partial charge in [-0.1, -0.05) is 6.92 Å². The summed E-state index contributed by atoms with van der Waals surface area (Å²) in [4.78, 5) is 18.1. The number of halogens is 1. The fraction of sp³-hybridized carbons (Fsp3) is 0.867. The molecule has 1 amide bonds. The number of hydrogen-bond donors (Lipinski definition) is 2. The quantitative estimate of drug-likeness (QED) is 0.315. The highest BCUT2D eigenvalue weighted by Gasteiger charge is 2.18. The number of nitrogens with zero attached hydrogens (tertiary/aromatic N) is 2. The molecule has 130 valence electrons. The fourth-order valence-corrected chi connectivity index (χ4v) is 2.21. The summed E-state index contributed by atoms with van der Waals surface area (Å²) >= 11 is 0. The third-order valence-corrected chi connectivity index (χ3v) is 3.37. The van der Waals surface area contributed by atoms with Crippen LogP contribution in [0.25, 0.3) is 0 Å². The molecule has 0 spiro atoms. The zero-order chi connectivity index (χ0) is 15.9. The summed E-state index contributed by atoms with van der Waals surface area (Å²) in [5, 5.41) is 6.01. The lowest BCUT2D eigenvalue weighted by Gasteiger charge is -2.32. The molecule has 0 radical (unpaired) electrons. The number of rotatable bonds is 3. The summed E-state index contributed by atoms with van der Waals surface area (Å²) in [5.74, 6) is 1.71. The average Bonchev–Trinajstić information content (AvgIpc) is 2.38. The van der Waals surface area contributed by atoms with E-state index in [9.17, 15) is 4.79 Å². The molecule has 0 aliphatic carbocycles. The Bertz CT molecular complexity index is 361. The largest absolute Gasteiger partial charge is 0.444 e. The van der Waals surface area contributed by atoms with Crippen molar-refractivity contribution in [3.8, 4) is 0 Å². The van der Waals surface area contributed by atoms with Gasteiger partial charge in [-0.05, 0) is 39.5 Å². The highest BCUT2D eigenvalue weighted by atomic mass is 127. The van der Waals surface area contributed by atoms with Crippen molar-refractivity contribution in [1.82, 2.24) is 15.5 Å². The lowest BCUT2D eigenvalue weighted by molar-refractivity contribution is 0.0528. The molecule has 22 heavy (non-hydrogen) atoms. The Labute approximate surface area is 151 Å². The maximum absolute atomic E-state index is 11.5. The second-order valence-corrected chi connectivity index (χ2v) is 6.57. The number of nitrogens with one attached hydrogen (secondary N) is 2. The molecule has 0 aromatic rings. The maximum atomic E-state index is 11.5. The molecule has 0 aromatic heterocycles. The van der Waals surface area contributed by atoms with E-state index in [1.54, 1.807) is 7.05 Å². The molecule has 0 saturated carbocycles. The topological polar surface area (TPSA) is 66.0 Å². The normalized spacial score (nSPS) is 16.8. The van der Waals surface area contributed by atoms with E-state index in [2.05, 4.69) is 27.4 Å². The molecule has 0 atom stereocenters. The minimum atomic E-state index is -0.460. The first-order valence-corrected chi connectivity index (χ1v) is 7.74. The molecule has 1 fully saturated rings. The predicted octanol–water partition coefficient (Wildman–Crippen LogP) is 2.44. The number of piperidine rings is 1. The number of alkyl carbamates (subject to hydrolysis) is 1. The number of carbonyl (C=O) groups is 1. The van der Waals surface area contributed by atoms with Crippen LogP contribution >= 0.6 is 24.0 Å². The van der Waals surface area contributed by atoms with Gasteiger partial charge in [-0.3, -0.25) is 4.99 Å². The van der Waals surface area contributed by atoms with E-state index in [-0.39, 0.29) is 30.1 Å². The summed E-state index contributed by atoms with van der Waals surface area (Å²) in [6.07, 6.45) is 2.03. The van der Waals surface area contributed by atoms with Crippen LogP contribution in [0.2, 0.25) is 0 Å². The minimum Gasteiger partial charge on any atom is -0.444 e. The van der Waals surface area contributed by atoms with Crippen LogP contribution in [0.15, 0.2) is 4.99 Å². The first kappa shape index (κ1) is 21.3. The smallest absolute Gasteiger partial charge is 0.407 e. The number of aliphatic imine (C=N–C) groups is 1. The molecular formula is C15H31IN4O2. The van der Waals surface area contributed by atoms with E-state index in [4.69, 9.17) is 4.74 Å².